The van der Waals surface area contributed by atoms with Gasteiger partial charge in [0, 0.05) is 5.69 Å². The summed E-state index contributed by atoms with van der Waals surface area (Å²) in [4.78, 5) is 0.289. The van der Waals surface area contributed by atoms with E-state index in [0.717, 1.165) is 30.0 Å². The predicted molar refractivity (Wildman–Crippen MR) is 93.2 cm³/mol. The fourth-order valence-corrected chi connectivity index (χ4v) is 4.27. The van der Waals surface area contributed by atoms with Crippen LogP contribution in [-0.4, -0.2) is 8.42 Å². The smallest absolute Gasteiger partial charge is 0.261 e. The molecule has 3 aromatic rings. The number of fused-ring (bicyclic) bond motifs is 2. The van der Waals surface area contributed by atoms with Crippen LogP contribution in [0.25, 0.3) is 10.8 Å². The van der Waals surface area contributed by atoms with Gasteiger partial charge in [-0.25, -0.2) is 8.42 Å². The monoisotopic (exact) mass is 323 g/mol. The molecule has 0 bridgehead atoms. The van der Waals surface area contributed by atoms with E-state index in [4.69, 9.17) is 0 Å². The number of hydrogen-bond donors (Lipinski definition) is 1. The Labute approximate surface area is 136 Å². The first-order valence-corrected chi connectivity index (χ1v) is 9.24. The third kappa shape index (κ3) is 2.70. The molecule has 3 aromatic carbocycles. The zero-order valence-corrected chi connectivity index (χ0v) is 13.4. The molecule has 0 atom stereocenters. The van der Waals surface area contributed by atoms with Gasteiger partial charge in [-0.15, -0.1) is 0 Å². The number of nitrogens with one attached hydrogen (secondary N) is 1. The van der Waals surface area contributed by atoms with Crippen LogP contribution >= 0.6 is 0 Å². The van der Waals surface area contributed by atoms with Crippen LogP contribution in [-0.2, 0) is 22.9 Å². The zero-order valence-electron chi connectivity index (χ0n) is 12.6. The van der Waals surface area contributed by atoms with Gasteiger partial charge in [-0.2, -0.15) is 0 Å². The van der Waals surface area contributed by atoms with Crippen LogP contribution in [0, 0.1) is 0 Å². The van der Waals surface area contributed by atoms with Crippen molar-refractivity contribution >= 4 is 26.5 Å². The average molecular weight is 323 g/mol. The van der Waals surface area contributed by atoms with Crippen molar-refractivity contribution in [1.82, 2.24) is 0 Å². The standard InChI is InChI=1S/C19H17NO2S/c21-23(22,19-11-9-14-4-1-2-5-17(14)13-19)20-18-10-8-15-6-3-7-16(15)12-18/h1-2,4-5,8-13,20H,3,6-7H2. The summed E-state index contributed by atoms with van der Waals surface area (Å²) >= 11 is 0. The molecule has 0 saturated carbocycles. The predicted octanol–water partition coefficient (Wildman–Crippen LogP) is 4.13. The molecular formula is C19H17NO2S. The number of benzene rings is 3. The Morgan fingerprint density at radius 3 is 2.43 bits per heavy atom. The Morgan fingerprint density at radius 1 is 0.783 bits per heavy atom. The first-order chi connectivity index (χ1) is 11.1. The van der Waals surface area contributed by atoms with Crippen LogP contribution in [0.2, 0.25) is 0 Å². The minimum atomic E-state index is -3.57. The molecule has 23 heavy (non-hydrogen) atoms. The molecule has 0 radical (unpaired) electrons. The summed E-state index contributed by atoms with van der Waals surface area (Å²) in [5, 5.41) is 1.95. The molecular weight excluding hydrogens is 306 g/mol. The fraction of sp³-hybridized carbons (Fsp3) is 0.158. The van der Waals surface area contributed by atoms with E-state index in [1.54, 1.807) is 12.1 Å². The molecule has 0 aromatic heterocycles. The van der Waals surface area contributed by atoms with E-state index in [0.29, 0.717) is 5.69 Å². The number of sulfonamides is 1. The van der Waals surface area contributed by atoms with E-state index in [-0.39, 0.29) is 4.90 Å². The van der Waals surface area contributed by atoms with Crippen molar-refractivity contribution in [3.05, 3.63) is 71.8 Å². The maximum atomic E-state index is 12.6. The van der Waals surface area contributed by atoms with Gasteiger partial charge < -0.3 is 0 Å². The van der Waals surface area contributed by atoms with E-state index in [9.17, 15) is 8.42 Å². The van der Waals surface area contributed by atoms with Crippen molar-refractivity contribution in [3.8, 4) is 0 Å². The highest BCUT2D eigenvalue weighted by Crippen LogP contribution is 2.27. The summed E-state index contributed by atoms with van der Waals surface area (Å²) in [7, 11) is -3.57. The second kappa shape index (κ2) is 5.39. The summed E-state index contributed by atoms with van der Waals surface area (Å²) in [6.45, 7) is 0. The molecule has 1 aliphatic rings. The first-order valence-electron chi connectivity index (χ1n) is 7.75. The van der Waals surface area contributed by atoms with Crippen LogP contribution in [0.1, 0.15) is 17.5 Å². The molecule has 4 rings (SSSR count). The summed E-state index contributed by atoms with van der Waals surface area (Å²) < 4.78 is 28.0. The molecule has 0 spiro atoms. The summed E-state index contributed by atoms with van der Waals surface area (Å²) in [5.74, 6) is 0. The van der Waals surface area contributed by atoms with Crippen LogP contribution < -0.4 is 4.72 Å². The molecule has 0 unspecified atom stereocenters. The Morgan fingerprint density at radius 2 is 1.57 bits per heavy atom. The van der Waals surface area contributed by atoms with Gasteiger partial charge in [0.05, 0.1) is 4.90 Å². The number of aryl methyl sites for hydroxylation is 2. The summed E-state index contributed by atoms with van der Waals surface area (Å²) in [5.41, 5.74) is 3.22. The maximum Gasteiger partial charge on any atom is 0.261 e. The van der Waals surface area contributed by atoms with Gasteiger partial charge >= 0.3 is 0 Å². The normalized spacial score (nSPS) is 13.9. The highest BCUT2D eigenvalue weighted by molar-refractivity contribution is 7.92. The summed E-state index contributed by atoms with van der Waals surface area (Å²) in [6.07, 6.45) is 3.27. The lowest BCUT2D eigenvalue weighted by Gasteiger charge is -2.10. The largest absolute Gasteiger partial charge is 0.280 e. The SMILES string of the molecule is O=S(=O)(Nc1ccc2c(c1)CCC2)c1ccc2ccccc2c1. The molecule has 0 aliphatic heterocycles. The summed E-state index contributed by atoms with van der Waals surface area (Å²) in [6, 6.07) is 18.8. The molecule has 3 nitrogen and oxygen atoms in total. The fourth-order valence-electron chi connectivity index (χ4n) is 3.18. The third-order valence-corrected chi connectivity index (χ3v) is 5.76. The molecule has 0 amide bonds. The first kappa shape index (κ1) is 14.3. The lowest BCUT2D eigenvalue weighted by Crippen LogP contribution is -2.13. The topological polar surface area (TPSA) is 46.2 Å². The highest BCUT2D eigenvalue weighted by atomic mass is 32.2. The average Bonchev–Trinajstić information content (AvgIpc) is 3.01. The Hall–Kier alpha value is -2.33. The Balaban J connectivity index is 1.68. The van der Waals surface area contributed by atoms with Crippen molar-refractivity contribution < 1.29 is 8.42 Å². The van der Waals surface area contributed by atoms with Gasteiger partial charge in [-0.3, -0.25) is 4.72 Å². The van der Waals surface area contributed by atoms with Gasteiger partial charge in [0.1, 0.15) is 0 Å². The van der Waals surface area contributed by atoms with Crippen molar-refractivity contribution in [2.75, 3.05) is 4.72 Å². The quantitative estimate of drug-likeness (QED) is 0.788. The van der Waals surface area contributed by atoms with Gasteiger partial charge in [-0.1, -0.05) is 36.4 Å². The van der Waals surface area contributed by atoms with E-state index < -0.39 is 10.0 Å². The zero-order chi connectivity index (χ0) is 15.9. The molecule has 1 N–H and O–H groups in total. The van der Waals surface area contributed by atoms with Gasteiger partial charge in [0.25, 0.3) is 10.0 Å². The number of rotatable bonds is 3. The minimum absolute atomic E-state index is 0.289. The lowest BCUT2D eigenvalue weighted by molar-refractivity contribution is 0.601. The van der Waals surface area contributed by atoms with Gasteiger partial charge in [0.15, 0.2) is 0 Å². The van der Waals surface area contributed by atoms with E-state index in [2.05, 4.69) is 4.72 Å². The molecule has 116 valence electrons. The number of hydrogen-bond acceptors (Lipinski definition) is 2. The van der Waals surface area contributed by atoms with Gasteiger partial charge in [-0.05, 0) is 65.4 Å². The van der Waals surface area contributed by atoms with Gasteiger partial charge in [0.2, 0.25) is 0 Å². The number of anilines is 1. The second-order valence-electron chi connectivity index (χ2n) is 5.95. The maximum absolute atomic E-state index is 12.6. The highest BCUT2D eigenvalue weighted by Gasteiger charge is 2.17. The van der Waals surface area contributed by atoms with E-state index in [1.165, 1.54) is 11.1 Å². The molecule has 0 saturated heterocycles. The molecule has 0 heterocycles. The molecule has 0 fully saturated rings. The van der Waals surface area contributed by atoms with E-state index in [1.807, 2.05) is 48.5 Å². The van der Waals surface area contributed by atoms with E-state index >= 15 is 0 Å². The van der Waals surface area contributed by atoms with Crippen LogP contribution in [0.4, 0.5) is 5.69 Å². The van der Waals surface area contributed by atoms with Crippen LogP contribution in [0.3, 0.4) is 0 Å². The van der Waals surface area contributed by atoms with Crippen molar-refractivity contribution in [2.24, 2.45) is 0 Å². The second-order valence-corrected chi connectivity index (χ2v) is 7.63. The van der Waals surface area contributed by atoms with Crippen LogP contribution in [0.5, 0.6) is 0 Å². The molecule has 1 aliphatic carbocycles. The Kier molecular flexibility index (Phi) is 3.34. The minimum Gasteiger partial charge on any atom is -0.280 e. The Bertz CT molecular complexity index is 993. The van der Waals surface area contributed by atoms with Crippen LogP contribution in [0.15, 0.2) is 65.6 Å². The lowest BCUT2D eigenvalue weighted by atomic mass is 10.1. The third-order valence-electron chi connectivity index (χ3n) is 4.38. The van der Waals surface area contributed by atoms with Crippen molar-refractivity contribution in [2.45, 2.75) is 24.2 Å². The molecule has 4 heteroatoms. The van der Waals surface area contributed by atoms with Crippen molar-refractivity contribution in [1.29, 1.82) is 0 Å². The van der Waals surface area contributed by atoms with Crippen molar-refractivity contribution in [3.63, 3.8) is 0 Å².